The number of amides is 1. The van der Waals surface area contributed by atoms with Crippen LogP contribution < -0.4 is 4.74 Å². The second-order valence-electron chi connectivity index (χ2n) is 9.57. The zero-order valence-corrected chi connectivity index (χ0v) is 19.2. The fourth-order valence-corrected chi connectivity index (χ4v) is 4.56. The van der Waals surface area contributed by atoms with Gasteiger partial charge >= 0.3 is 6.09 Å². The Labute approximate surface area is 189 Å². The van der Waals surface area contributed by atoms with Crippen molar-refractivity contribution in [2.24, 2.45) is 11.8 Å². The summed E-state index contributed by atoms with van der Waals surface area (Å²) in [6.45, 7) is 10.5. The van der Waals surface area contributed by atoms with E-state index in [2.05, 4.69) is 11.6 Å². The first-order valence-electron chi connectivity index (χ1n) is 11.1. The largest absolute Gasteiger partial charge is 0.497 e. The molecular formula is C25H32N2O5. The first-order valence-corrected chi connectivity index (χ1v) is 11.1. The van der Waals surface area contributed by atoms with E-state index in [4.69, 9.17) is 14.2 Å². The molecule has 2 saturated heterocycles. The number of rotatable bonds is 5. The number of aromatic nitrogens is 1. The van der Waals surface area contributed by atoms with Crippen LogP contribution in [0, 0.1) is 11.8 Å². The van der Waals surface area contributed by atoms with Crippen LogP contribution in [0.5, 0.6) is 5.75 Å². The maximum atomic E-state index is 12.5. The second-order valence-corrected chi connectivity index (χ2v) is 9.57. The van der Waals surface area contributed by atoms with Gasteiger partial charge < -0.3 is 24.2 Å². The third-order valence-corrected chi connectivity index (χ3v) is 6.26. The second kappa shape index (κ2) is 8.71. The van der Waals surface area contributed by atoms with E-state index in [0.29, 0.717) is 19.5 Å². The molecule has 2 fully saturated rings. The molecule has 32 heavy (non-hydrogen) atoms. The van der Waals surface area contributed by atoms with Crippen molar-refractivity contribution in [3.05, 3.63) is 48.7 Å². The van der Waals surface area contributed by atoms with Gasteiger partial charge in [0.1, 0.15) is 23.6 Å². The highest BCUT2D eigenvalue weighted by Crippen LogP contribution is 2.47. The maximum absolute atomic E-state index is 12.5. The van der Waals surface area contributed by atoms with Gasteiger partial charge in [-0.1, -0.05) is 6.08 Å². The molecule has 0 radical (unpaired) electrons. The number of epoxide rings is 1. The van der Waals surface area contributed by atoms with Crippen LogP contribution in [0.2, 0.25) is 0 Å². The Morgan fingerprint density at radius 2 is 2.16 bits per heavy atom. The number of pyridine rings is 1. The fraction of sp³-hybridized carbons (Fsp3) is 0.520. The minimum absolute atomic E-state index is 0.0367. The number of piperidine rings is 1. The lowest BCUT2D eigenvalue weighted by molar-refractivity contribution is -0.00835. The number of carbonyl (C=O) groups is 1. The lowest BCUT2D eigenvalue weighted by atomic mass is 9.79. The molecule has 7 nitrogen and oxygen atoms in total. The number of methoxy groups -OCH3 is 1. The summed E-state index contributed by atoms with van der Waals surface area (Å²) in [5, 5.41) is 12.1. The normalized spacial score (nSPS) is 26.5. The van der Waals surface area contributed by atoms with Gasteiger partial charge in [0.2, 0.25) is 0 Å². The van der Waals surface area contributed by atoms with Gasteiger partial charge in [0.15, 0.2) is 0 Å². The van der Waals surface area contributed by atoms with Gasteiger partial charge in [0, 0.05) is 24.7 Å². The van der Waals surface area contributed by atoms with Gasteiger partial charge in [-0.3, -0.25) is 4.98 Å². The third kappa shape index (κ3) is 4.59. The van der Waals surface area contributed by atoms with Gasteiger partial charge in [-0.05, 0) is 68.9 Å². The molecule has 0 saturated carbocycles. The van der Waals surface area contributed by atoms with E-state index in [1.165, 1.54) is 0 Å². The first kappa shape index (κ1) is 22.6. The van der Waals surface area contributed by atoms with E-state index >= 15 is 0 Å². The molecule has 172 valence electrons. The fourth-order valence-electron chi connectivity index (χ4n) is 4.56. The van der Waals surface area contributed by atoms with E-state index in [1.54, 1.807) is 18.2 Å². The number of benzene rings is 1. The van der Waals surface area contributed by atoms with Crippen LogP contribution in [0.4, 0.5) is 4.79 Å². The van der Waals surface area contributed by atoms with Gasteiger partial charge in [-0.15, -0.1) is 6.58 Å². The van der Waals surface area contributed by atoms with E-state index in [1.807, 2.05) is 51.1 Å². The molecule has 3 heterocycles. The highest BCUT2D eigenvalue weighted by atomic mass is 16.6. The van der Waals surface area contributed by atoms with Gasteiger partial charge in [0.05, 0.1) is 18.7 Å². The molecule has 1 aromatic carbocycles. The Hall–Kier alpha value is -2.64. The topological polar surface area (TPSA) is 84.4 Å². The summed E-state index contributed by atoms with van der Waals surface area (Å²) in [6, 6.07) is 7.70. The molecule has 2 aliphatic heterocycles. The zero-order chi connectivity index (χ0) is 23.0. The average molecular weight is 441 g/mol. The van der Waals surface area contributed by atoms with Crippen molar-refractivity contribution in [3.8, 4) is 5.75 Å². The number of fused-ring (bicyclic) bond motifs is 1. The quantitative estimate of drug-likeness (QED) is 0.557. The van der Waals surface area contributed by atoms with Crippen molar-refractivity contribution in [2.45, 2.75) is 51.1 Å². The van der Waals surface area contributed by atoms with E-state index in [0.717, 1.165) is 22.2 Å². The van der Waals surface area contributed by atoms with Crippen LogP contribution in [0.25, 0.3) is 10.9 Å². The van der Waals surface area contributed by atoms with Crippen LogP contribution in [-0.4, -0.2) is 59.1 Å². The number of likely N-dealkylation sites (tertiary alicyclic amines) is 1. The molecule has 2 aliphatic rings. The van der Waals surface area contributed by atoms with Gasteiger partial charge in [-0.25, -0.2) is 4.79 Å². The van der Waals surface area contributed by atoms with Crippen molar-refractivity contribution in [1.29, 1.82) is 0 Å². The zero-order valence-electron chi connectivity index (χ0n) is 19.2. The summed E-state index contributed by atoms with van der Waals surface area (Å²) in [5.41, 5.74) is 1.32. The number of nitrogens with zero attached hydrogens (tertiary/aromatic N) is 2. The highest BCUT2D eigenvalue weighted by molar-refractivity contribution is 5.84. The molecule has 1 aromatic heterocycles. The molecule has 1 amide bonds. The lowest BCUT2D eigenvalue weighted by Gasteiger charge is -2.39. The summed E-state index contributed by atoms with van der Waals surface area (Å²) >= 11 is 0. The van der Waals surface area contributed by atoms with Gasteiger partial charge in [-0.2, -0.15) is 0 Å². The molecule has 0 spiro atoms. The summed E-state index contributed by atoms with van der Waals surface area (Å²) in [6.07, 6.45) is 2.78. The summed E-state index contributed by atoms with van der Waals surface area (Å²) in [5.74, 6) is 0.681. The summed E-state index contributed by atoms with van der Waals surface area (Å²) in [7, 11) is 1.64. The molecule has 5 atom stereocenters. The smallest absolute Gasteiger partial charge is 0.410 e. The maximum Gasteiger partial charge on any atom is 0.410 e. The Kier molecular flexibility index (Phi) is 6.14. The monoisotopic (exact) mass is 440 g/mol. The summed E-state index contributed by atoms with van der Waals surface area (Å²) < 4.78 is 16.8. The molecule has 7 heteroatoms. The van der Waals surface area contributed by atoms with Crippen LogP contribution >= 0.6 is 0 Å². The molecule has 0 bridgehead atoms. The molecule has 2 aromatic rings. The van der Waals surface area contributed by atoms with E-state index < -0.39 is 11.7 Å². The van der Waals surface area contributed by atoms with Gasteiger partial charge in [0.25, 0.3) is 0 Å². The third-order valence-electron chi connectivity index (χ3n) is 6.26. The Morgan fingerprint density at radius 3 is 2.84 bits per heavy atom. The van der Waals surface area contributed by atoms with E-state index in [-0.39, 0.29) is 30.1 Å². The molecular weight excluding hydrogens is 408 g/mol. The predicted octanol–water partition coefficient (Wildman–Crippen LogP) is 4.10. The average Bonchev–Trinajstić information content (AvgIpc) is 3.57. The number of carbonyl (C=O) groups excluding carboxylic acids is 1. The van der Waals surface area contributed by atoms with E-state index in [9.17, 15) is 9.90 Å². The molecule has 4 rings (SSSR count). The number of hydrogen-bond donors (Lipinski definition) is 1. The predicted molar refractivity (Wildman–Crippen MR) is 122 cm³/mol. The number of aliphatic hydroxyl groups is 1. The highest BCUT2D eigenvalue weighted by Gasteiger charge is 2.50. The standard InChI is InChI=1S/C25H32N2O5/c1-6-15-14-27(24(29)32-25(2,3)4)12-10-17(15)21(28)23-22(31-23)18-9-11-26-20-8-7-16(30-5)13-19(18)20/h6-9,11,13,15,17,21-23,28H,1,10,12,14H2,2-5H3/t15-,17+,21+,22+,23+/m0/s1. The van der Waals surface area contributed by atoms with Crippen molar-refractivity contribution >= 4 is 17.0 Å². The van der Waals surface area contributed by atoms with Crippen LogP contribution in [0.15, 0.2) is 43.1 Å². The SMILES string of the molecule is C=C[C@H]1CN(C(=O)OC(C)(C)C)CC[C@H]1[C@@H](O)[C@H]1O[C@@H]1c1ccnc2ccc(OC)cc12. The Bertz CT molecular complexity index is 1000. The van der Waals surface area contributed by atoms with Crippen LogP contribution in [0.1, 0.15) is 38.9 Å². The molecule has 0 aliphatic carbocycles. The number of hydrogen-bond acceptors (Lipinski definition) is 6. The van der Waals surface area contributed by atoms with Crippen molar-refractivity contribution < 1.29 is 24.1 Å². The van der Waals surface area contributed by atoms with Crippen LogP contribution in [-0.2, 0) is 9.47 Å². The molecule has 1 N–H and O–H groups in total. The lowest BCUT2D eigenvalue weighted by Crippen LogP contribution is -2.48. The number of ether oxygens (including phenoxy) is 3. The minimum Gasteiger partial charge on any atom is -0.497 e. The molecule has 0 unspecified atom stereocenters. The Balaban J connectivity index is 1.46. The number of aliphatic hydroxyl groups excluding tert-OH is 1. The minimum atomic E-state index is -0.655. The van der Waals surface area contributed by atoms with Crippen LogP contribution in [0.3, 0.4) is 0 Å². The first-order chi connectivity index (χ1) is 15.2. The van der Waals surface area contributed by atoms with Crippen molar-refractivity contribution in [3.63, 3.8) is 0 Å². The Morgan fingerprint density at radius 1 is 1.38 bits per heavy atom. The van der Waals surface area contributed by atoms with Crippen molar-refractivity contribution in [2.75, 3.05) is 20.2 Å². The summed E-state index contributed by atoms with van der Waals surface area (Å²) in [4.78, 5) is 18.6. The van der Waals surface area contributed by atoms with Crippen molar-refractivity contribution in [1.82, 2.24) is 9.88 Å².